The normalized spacial score (nSPS) is 14.6. The smallest absolute Gasteiger partial charge is 0.329 e. The summed E-state index contributed by atoms with van der Waals surface area (Å²) in [5, 5.41) is 0.388. The van der Waals surface area contributed by atoms with E-state index in [9.17, 15) is 13.2 Å². The summed E-state index contributed by atoms with van der Waals surface area (Å²) >= 11 is 6.09. The number of sulfone groups is 1. The van der Waals surface area contributed by atoms with Crippen LogP contribution >= 0.6 is 11.6 Å². The molecule has 1 aliphatic carbocycles. The van der Waals surface area contributed by atoms with Gasteiger partial charge >= 0.3 is 5.69 Å². The highest BCUT2D eigenvalue weighted by molar-refractivity contribution is 7.90. The zero-order valence-corrected chi connectivity index (χ0v) is 18.6. The zero-order valence-electron chi connectivity index (χ0n) is 17.0. The first-order chi connectivity index (χ1) is 14.8. The Morgan fingerprint density at radius 2 is 1.94 bits per heavy atom. The van der Waals surface area contributed by atoms with E-state index in [1.165, 1.54) is 6.26 Å². The molecule has 0 amide bonds. The summed E-state index contributed by atoms with van der Waals surface area (Å²) in [6, 6.07) is 7.65. The first-order valence-corrected chi connectivity index (χ1v) is 12.6. The lowest BCUT2D eigenvalue weighted by atomic mass is 10.3. The first-order valence-electron chi connectivity index (χ1n) is 10.2. The molecule has 0 bridgehead atoms. The molecular formula is C21H22ClN5O3S. The number of pyridine rings is 2. The summed E-state index contributed by atoms with van der Waals surface area (Å²) in [6.45, 7) is 0.844. The van der Waals surface area contributed by atoms with Crippen molar-refractivity contribution < 1.29 is 8.42 Å². The second-order valence-corrected chi connectivity index (χ2v) is 10.8. The summed E-state index contributed by atoms with van der Waals surface area (Å²) in [4.78, 5) is 21.9. The molecule has 10 heteroatoms. The van der Waals surface area contributed by atoms with Crippen LogP contribution in [-0.4, -0.2) is 44.1 Å². The highest BCUT2D eigenvalue weighted by Crippen LogP contribution is 2.36. The van der Waals surface area contributed by atoms with Crippen molar-refractivity contribution in [3.63, 3.8) is 0 Å². The van der Waals surface area contributed by atoms with Gasteiger partial charge in [-0.1, -0.05) is 11.6 Å². The Balaban J connectivity index is 1.60. The van der Waals surface area contributed by atoms with Crippen LogP contribution in [0.4, 0.5) is 0 Å². The maximum atomic E-state index is 13.3. The minimum absolute atomic E-state index is 0.0515. The molecule has 5 rings (SSSR count). The molecule has 0 N–H and O–H groups in total. The summed E-state index contributed by atoms with van der Waals surface area (Å²) in [7, 11) is -3.06. The van der Waals surface area contributed by atoms with Crippen LogP contribution in [0.3, 0.4) is 0 Å². The number of hydrogen-bond donors (Lipinski definition) is 0. The van der Waals surface area contributed by atoms with E-state index in [1.54, 1.807) is 23.0 Å². The fourth-order valence-electron chi connectivity index (χ4n) is 4.17. The molecule has 0 radical (unpaired) electrons. The number of fused-ring (bicyclic) bond motifs is 2. The van der Waals surface area contributed by atoms with E-state index in [1.807, 2.05) is 27.3 Å². The summed E-state index contributed by atoms with van der Waals surface area (Å²) in [6.07, 6.45) is 7.16. The van der Waals surface area contributed by atoms with Crippen molar-refractivity contribution in [1.29, 1.82) is 0 Å². The van der Waals surface area contributed by atoms with E-state index in [-0.39, 0.29) is 17.5 Å². The number of nitrogens with zero attached hydrogens (tertiary/aromatic N) is 5. The van der Waals surface area contributed by atoms with Gasteiger partial charge in [0.2, 0.25) is 0 Å². The standard InChI is InChI=1S/C21H22ClN5O3S/c1-31(29,30)10-2-9-25-15(11-16-17(25)5-6-20(22)24-16)13-26-19-12-23-8-7-18(19)27(21(26)28)14-3-4-14/h5-8,11-12,14H,2-4,9-10,13H2,1H3. The lowest BCUT2D eigenvalue weighted by molar-refractivity contribution is 0.587. The average Bonchev–Trinajstić information content (AvgIpc) is 3.43. The minimum atomic E-state index is -3.06. The van der Waals surface area contributed by atoms with Gasteiger partial charge in [-0.3, -0.25) is 14.1 Å². The second-order valence-electron chi connectivity index (χ2n) is 8.14. The van der Waals surface area contributed by atoms with Gasteiger partial charge in [0.15, 0.2) is 0 Å². The second kappa shape index (κ2) is 7.49. The van der Waals surface area contributed by atoms with Crippen molar-refractivity contribution in [2.45, 2.75) is 38.4 Å². The predicted molar refractivity (Wildman–Crippen MR) is 120 cm³/mol. The number of halogens is 1. The Bertz CT molecular complexity index is 1460. The number of aryl methyl sites for hydroxylation is 1. The van der Waals surface area contributed by atoms with Crippen LogP contribution in [0, 0.1) is 0 Å². The average molecular weight is 460 g/mol. The van der Waals surface area contributed by atoms with Crippen LogP contribution in [0.1, 0.15) is 31.0 Å². The molecule has 0 aliphatic heterocycles. The quantitative estimate of drug-likeness (QED) is 0.396. The highest BCUT2D eigenvalue weighted by Gasteiger charge is 2.29. The molecule has 31 heavy (non-hydrogen) atoms. The molecule has 0 aromatic carbocycles. The third-order valence-electron chi connectivity index (χ3n) is 5.70. The molecule has 162 valence electrons. The number of imidazole rings is 1. The van der Waals surface area contributed by atoms with Gasteiger partial charge < -0.3 is 4.57 Å². The van der Waals surface area contributed by atoms with Crippen molar-refractivity contribution in [1.82, 2.24) is 23.7 Å². The van der Waals surface area contributed by atoms with Gasteiger partial charge in [0.1, 0.15) is 15.0 Å². The van der Waals surface area contributed by atoms with Crippen LogP contribution in [0.15, 0.2) is 41.5 Å². The van der Waals surface area contributed by atoms with Crippen molar-refractivity contribution in [3.05, 3.63) is 58.0 Å². The molecule has 4 heterocycles. The Labute approximate surface area is 184 Å². The molecule has 0 saturated heterocycles. The number of aromatic nitrogens is 5. The van der Waals surface area contributed by atoms with Crippen LogP contribution in [0.5, 0.6) is 0 Å². The molecule has 0 spiro atoms. The van der Waals surface area contributed by atoms with Crippen LogP contribution in [0.2, 0.25) is 5.15 Å². The third-order valence-corrected chi connectivity index (χ3v) is 6.94. The summed E-state index contributed by atoms with van der Waals surface area (Å²) in [5.41, 5.74) is 4.09. The van der Waals surface area contributed by atoms with Gasteiger partial charge in [-0.15, -0.1) is 0 Å². The molecule has 4 aromatic rings. The summed E-state index contributed by atoms with van der Waals surface area (Å²) < 4.78 is 28.9. The first kappa shape index (κ1) is 20.3. The van der Waals surface area contributed by atoms with Gasteiger partial charge in [0.25, 0.3) is 0 Å². The van der Waals surface area contributed by atoms with E-state index in [4.69, 9.17) is 11.6 Å². The Morgan fingerprint density at radius 3 is 2.68 bits per heavy atom. The number of hydrogen-bond acceptors (Lipinski definition) is 5. The monoisotopic (exact) mass is 459 g/mol. The fraction of sp³-hybridized carbons (Fsp3) is 0.381. The predicted octanol–water partition coefficient (Wildman–Crippen LogP) is 3.02. The molecule has 0 atom stereocenters. The zero-order chi connectivity index (χ0) is 21.8. The highest BCUT2D eigenvalue weighted by atomic mass is 35.5. The van der Waals surface area contributed by atoms with E-state index >= 15 is 0 Å². The molecule has 0 unspecified atom stereocenters. The van der Waals surface area contributed by atoms with E-state index < -0.39 is 9.84 Å². The molecule has 1 saturated carbocycles. The van der Waals surface area contributed by atoms with Gasteiger partial charge in [-0.25, -0.2) is 18.2 Å². The van der Waals surface area contributed by atoms with E-state index in [2.05, 4.69) is 9.97 Å². The lowest BCUT2D eigenvalue weighted by Gasteiger charge is -2.11. The SMILES string of the molecule is CS(=O)(=O)CCCn1c(Cn2c(=O)n(C3CC3)c3ccncc32)cc2nc(Cl)ccc21. The van der Waals surface area contributed by atoms with Gasteiger partial charge in [-0.2, -0.15) is 0 Å². The fourth-order valence-corrected chi connectivity index (χ4v) is 4.98. The maximum absolute atomic E-state index is 13.3. The lowest BCUT2D eigenvalue weighted by Crippen LogP contribution is -2.25. The van der Waals surface area contributed by atoms with E-state index in [0.29, 0.717) is 24.7 Å². The molecule has 8 nitrogen and oxygen atoms in total. The van der Waals surface area contributed by atoms with Gasteiger partial charge in [0, 0.05) is 30.7 Å². The maximum Gasteiger partial charge on any atom is 0.329 e. The minimum Gasteiger partial charge on any atom is -0.342 e. The summed E-state index contributed by atoms with van der Waals surface area (Å²) in [5.74, 6) is 0.0952. The number of rotatable bonds is 7. The Morgan fingerprint density at radius 1 is 1.13 bits per heavy atom. The van der Waals surface area contributed by atoms with Crippen molar-refractivity contribution in [2.24, 2.45) is 0 Å². The molecule has 4 aromatic heterocycles. The van der Waals surface area contributed by atoms with Crippen LogP contribution in [0.25, 0.3) is 22.1 Å². The Hall–Kier alpha value is -2.65. The molecular weight excluding hydrogens is 438 g/mol. The van der Waals surface area contributed by atoms with Gasteiger partial charge in [0.05, 0.1) is 40.6 Å². The largest absolute Gasteiger partial charge is 0.342 e. The van der Waals surface area contributed by atoms with Crippen molar-refractivity contribution in [2.75, 3.05) is 12.0 Å². The van der Waals surface area contributed by atoms with Crippen molar-refractivity contribution >= 4 is 43.5 Å². The van der Waals surface area contributed by atoms with Gasteiger partial charge in [-0.05, 0) is 43.5 Å². The Kier molecular flexibility index (Phi) is 4.90. The molecule has 1 aliphatic rings. The van der Waals surface area contributed by atoms with Crippen molar-refractivity contribution in [3.8, 4) is 0 Å². The van der Waals surface area contributed by atoms with Crippen LogP contribution < -0.4 is 5.69 Å². The van der Waals surface area contributed by atoms with Crippen LogP contribution in [-0.2, 0) is 22.9 Å². The topological polar surface area (TPSA) is 91.8 Å². The van der Waals surface area contributed by atoms with E-state index in [0.717, 1.165) is 40.6 Å². The molecule has 1 fully saturated rings. The third kappa shape index (κ3) is 3.87.